The molecule has 0 atom stereocenters. The molecule has 2 aliphatic carbocycles. The molecule has 0 unspecified atom stereocenters. The number of rotatable bonds is 4. The van der Waals surface area contributed by atoms with Gasteiger partial charge < -0.3 is 5.32 Å². The van der Waals surface area contributed by atoms with Crippen molar-refractivity contribution in [1.82, 2.24) is 5.32 Å². The van der Waals surface area contributed by atoms with Crippen molar-refractivity contribution < 1.29 is 18.0 Å². The van der Waals surface area contributed by atoms with Crippen LogP contribution in [0.3, 0.4) is 0 Å². The van der Waals surface area contributed by atoms with Gasteiger partial charge in [0, 0.05) is 17.8 Å². The van der Waals surface area contributed by atoms with Crippen LogP contribution in [0.1, 0.15) is 51.4 Å². The van der Waals surface area contributed by atoms with Gasteiger partial charge in [-0.3, -0.25) is 4.79 Å². The van der Waals surface area contributed by atoms with Crippen molar-refractivity contribution in [2.75, 3.05) is 11.9 Å². The summed E-state index contributed by atoms with van der Waals surface area (Å²) in [6.07, 6.45) is 1.39. The van der Waals surface area contributed by atoms with E-state index in [1.165, 1.54) is 12.8 Å². The number of nitrogens with one attached hydrogen (secondary N) is 1. The van der Waals surface area contributed by atoms with Crippen molar-refractivity contribution in [2.45, 2.75) is 57.5 Å². The van der Waals surface area contributed by atoms with E-state index in [0.29, 0.717) is 19.4 Å². The Kier molecular flexibility index (Phi) is 5.60. The Morgan fingerprint density at radius 1 is 1.14 bits per heavy atom. The largest absolute Gasteiger partial charge is 0.391 e. The molecule has 0 aromatic rings. The Bertz CT molecular complexity index is 358. The standard InChI is InChI=1S/C15H23BrF3NO/c16-9-14(7-1-2-8-14)10-20-13(21)11-3-5-12(6-4-11)15(17,18)19/h11-12H,1-10H2,(H,20,21). The number of carbonyl (C=O) groups excluding carboxylic acids is 1. The molecule has 0 aliphatic heterocycles. The third-order valence-corrected chi connectivity index (χ3v) is 6.34. The number of hydrogen-bond acceptors (Lipinski definition) is 1. The monoisotopic (exact) mass is 369 g/mol. The molecule has 2 aliphatic rings. The highest BCUT2D eigenvalue weighted by Gasteiger charge is 2.42. The second-order valence-electron chi connectivity index (χ2n) is 6.65. The molecule has 1 N–H and O–H groups in total. The van der Waals surface area contributed by atoms with E-state index >= 15 is 0 Å². The van der Waals surface area contributed by atoms with E-state index in [9.17, 15) is 18.0 Å². The van der Waals surface area contributed by atoms with Crippen LogP contribution in [0, 0.1) is 17.3 Å². The maximum Gasteiger partial charge on any atom is 0.391 e. The number of hydrogen-bond donors (Lipinski definition) is 1. The predicted molar refractivity (Wildman–Crippen MR) is 79.2 cm³/mol. The quantitative estimate of drug-likeness (QED) is 0.729. The first-order valence-corrected chi connectivity index (χ1v) is 8.89. The zero-order valence-corrected chi connectivity index (χ0v) is 13.7. The lowest BCUT2D eigenvalue weighted by molar-refractivity contribution is -0.184. The van der Waals surface area contributed by atoms with E-state index in [1.54, 1.807) is 0 Å². The highest BCUT2D eigenvalue weighted by Crippen LogP contribution is 2.41. The minimum Gasteiger partial charge on any atom is -0.355 e. The normalized spacial score (nSPS) is 29.3. The average Bonchev–Trinajstić information content (AvgIpc) is 2.93. The molecule has 0 saturated heterocycles. The van der Waals surface area contributed by atoms with Gasteiger partial charge in [-0.25, -0.2) is 0 Å². The fourth-order valence-corrected chi connectivity index (χ4v) is 4.34. The third kappa shape index (κ3) is 4.36. The summed E-state index contributed by atoms with van der Waals surface area (Å²) in [5.74, 6) is -1.51. The summed E-state index contributed by atoms with van der Waals surface area (Å²) in [6, 6.07) is 0. The minimum atomic E-state index is -4.11. The molecule has 0 bridgehead atoms. The SMILES string of the molecule is O=C(NCC1(CBr)CCCC1)C1CCC(C(F)(F)F)CC1. The summed E-state index contributed by atoms with van der Waals surface area (Å²) < 4.78 is 37.8. The summed E-state index contributed by atoms with van der Waals surface area (Å²) in [7, 11) is 0. The zero-order chi connectivity index (χ0) is 15.5. The van der Waals surface area contributed by atoms with Crippen LogP contribution in [0.4, 0.5) is 13.2 Å². The molecule has 0 radical (unpaired) electrons. The molecular weight excluding hydrogens is 347 g/mol. The van der Waals surface area contributed by atoms with E-state index in [0.717, 1.165) is 18.2 Å². The molecule has 6 heteroatoms. The fraction of sp³-hybridized carbons (Fsp3) is 0.933. The van der Waals surface area contributed by atoms with Gasteiger partial charge in [0.15, 0.2) is 0 Å². The van der Waals surface area contributed by atoms with Crippen LogP contribution in [-0.4, -0.2) is 24.0 Å². The van der Waals surface area contributed by atoms with E-state index in [2.05, 4.69) is 21.2 Å². The first-order chi connectivity index (χ1) is 9.86. The van der Waals surface area contributed by atoms with Crippen molar-refractivity contribution in [2.24, 2.45) is 17.3 Å². The Hall–Kier alpha value is -0.260. The molecule has 0 heterocycles. The van der Waals surface area contributed by atoms with Gasteiger partial charge in [-0.2, -0.15) is 13.2 Å². The van der Waals surface area contributed by atoms with Gasteiger partial charge in [0.2, 0.25) is 5.91 Å². The lowest BCUT2D eigenvalue weighted by Gasteiger charge is -2.31. The van der Waals surface area contributed by atoms with Gasteiger partial charge in [-0.15, -0.1) is 0 Å². The van der Waals surface area contributed by atoms with Crippen LogP contribution in [0.15, 0.2) is 0 Å². The van der Waals surface area contributed by atoms with Crippen LogP contribution in [-0.2, 0) is 4.79 Å². The molecule has 2 nitrogen and oxygen atoms in total. The van der Waals surface area contributed by atoms with Crippen LogP contribution >= 0.6 is 15.9 Å². The Balaban J connectivity index is 1.77. The number of halogens is 4. The van der Waals surface area contributed by atoms with Crippen molar-refractivity contribution in [3.63, 3.8) is 0 Å². The lowest BCUT2D eigenvalue weighted by atomic mass is 9.81. The molecule has 2 rings (SSSR count). The zero-order valence-electron chi connectivity index (χ0n) is 12.1. The number of amides is 1. The summed E-state index contributed by atoms with van der Waals surface area (Å²) >= 11 is 3.53. The maximum absolute atomic E-state index is 12.6. The smallest absolute Gasteiger partial charge is 0.355 e. The lowest BCUT2D eigenvalue weighted by Crippen LogP contribution is -2.41. The van der Waals surface area contributed by atoms with E-state index in [4.69, 9.17) is 0 Å². The number of carbonyl (C=O) groups is 1. The summed E-state index contributed by atoms with van der Waals surface area (Å²) in [4.78, 5) is 12.2. The van der Waals surface area contributed by atoms with Gasteiger partial charge in [0.25, 0.3) is 0 Å². The van der Waals surface area contributed by atoms with Crippen molar-refractivity contribution in [3.8, 4) is 0 Å². The van der Waals surface area contributed by atoms with Crippen LogP contribution in [0.2, 0.25) is 0 Å². The molecule has 2 saturated carbocycles. The molecule has 0 spiro atoms. The fourth-order valence-electron chi connectivity index (χ4n) is 3.58. The molecular formula is C15H23BrF3NO. The van der Waals surface area contributed by atoms with Gasteiger partial charge in [0.1, 0.15) is 0 Å². The number of alkyl halides is 4. The van der Waals surface area contributed by atoms with Gasteiger partial charge in [-0.05, 0) is 43.9 Å². The van der Waals surface area contributed by atoms with Gasteiger partial charge in [-0.1, -0.05) is 28.8 Å². The highest BCUT2D eigenvalue weighted by molar-refractivity contribution is 9.09. The first-order valence-electron chi connectivity index (χ1n) is 7.77. The summed E-state index contributed by atoms with van der Waals surface area (Å²) in [5, 5.41) is 3.87. The molecule has 122 valence electrons. The van der Waals surface area contributed by atoms with Crippen LogP contribution < -0.4 is 5.32 Å². The van der Waals surface area contributed by atoms with E-state index in [1.807, 2.05) is 0 Å². The third-order valence-electron chi connectivity index (χ3n) is 5.15. The Morgan fingerprint density at radius 2 is 1.71 bits per heavy atom. The van der Waals surface area contributed by atoms with Crippen molar-refractivity contribution >= 4 is 21.8 Å². The molecule has 0 aromatic heterocycles. The van der Waals surface area contributed by atoms with Crippen molar-refractivity contribution in [3.05, 3.63) is 0 Å². The second-order valence-corrected chi connectivity index (χ2v) is 7.21. The van der Waals surface area contributed by atoms with Crippen LogP contribution in [0.25, 0.3) is 0 Å². The Labute approximate surface area is 132 Å². The second kappa shape index (κ2) is 6.88. The van der Waals surface area contributed by atoms with Gasteiger partial charge >= 0.3 is 6.18 Å². The minimum absolute atomic E-state index is 0.0529. The van der Waals surface area contributed by atoms with Crippen molar-refractivity contribution in [1.29, 1.82) is 0 Å². The summed E-state index contributed by atoms with van der Waals surface area (Å²) in [5.41, 5.74) is 0.152. The average molecular weight is 370 g/mol. The topological polar surface area (TPSA) is 29.1 Å². The van der Waals surface area contributed by atoms with Crippen LogP contribution in [0.5, 0.6) is 0 Å². The van der Waals surface area contributed by atoms with E-state index in [-0.39, 0.29) is 30.1 Å². The molecule has 1 amide bonds. The predicted octanol–water partition coefficient (Wildman–Crippen LogP) is 4.43. The van der Waals surface area contributed by atoms with E-state index < -0.39 is 12.1 Å². The summed E-state index contributed by atoms with van der Waals surface area (Å²) in [6.45, 7) is 0.649. The highest BCUT2D eigenvalue weighted by atomic mass is 79.9. The first kappa shape index (κ1) is 17.1. The Morgan fingerprint density at radius 3 is 2.19 bits per heavy atom. The maximum atomic E-state index is 12.6. The molecule has 2 fully saturated rings. The van der Waals surface area contributed by atoms with Gasteiger partial charge in [0.05, 0.1) is 5.92 Å². The molecule has 0 aromatic carbocycles. The molecule has 21 heavy (non-hydrogen) atoms.